The third kappa shape index (κ3) is 2.02. The summed E-state index contributed by atoms with van der Waals surface area (Å²) in [4.78, 5) is 0. The summed E-state index contributed by atoms with van der Waals surface area (Å²) in [7, 11) is 0. The molecule has 2 unspecified atom stereocenters. The molecule has 1 aromatic carbocycles. The van der Waals surface area contributed by atoms with Gasteiger partial charge in [-0.1, -0.05) is 18.2 Å². The van der Waals surface area contributed by atoms with Crippen molar-refractivity contribution in [3.63, 3.8) is 0 Å². The normalized spacial score (nSPS) is 39.6. The van der Waals surface area contributed by atoms with E-state index in [0.29, 0.717) is 0 Å². The molecule has 1 aliphatic heterocycles. The van der Waals surface area contributed by atoms with E-state index in [1.807, 2.05) is 25.1 Å². The number of benzene rings is 1. The lowest BCUT2D eigenvalue weighted by Gasteiger charge is -2.38. The highest BCUT2D eigenvalue weighted by molar-refractivity contribution is 8.56. The van der Waals surface area contributed by atoms with E-state index in [2.05, 4.69) is 26.0 Å². The molecule has 1 aliphatic rings. The zero-order valence-corrected chi connectivity index (χ0v) is 11.6. The highest BCUT2D eigenvalue weighted by Gasteiger charge is 2.54. The molecule has 88 valence electrons. The van der Waals surface area contributed by atoms with E-state index >= 15 is 0 Å². The van der Waals surface area contributed by atoms with E-state index in [9.17, 15) is 0 Å². The van der Waals surface area contributed by atoms with Crippen molar-refractivity contribution < 1.29 is 9.47 Å². The molecule has 0 radical (unpaired) electrons. The fourth-order valence-electron chi connectivity index (χ4n) is 2.15. The minimum absolute atomic E-state index is 0.131. The summed E-state index contributed by atoms with van der Waals surface area (Å²) in [6.45, 7) is 4.46. The Bertz CT molecular complexity index is 345. The minimum atomic E-state index is -1.69. The van der Waals surface area contributed by atoms with Gasteiger partial charge in [0, 0.05) is 12.2 Å². The smallest absolute Gasteiger partial charge is 0.184 e. The third-order valence-corrected chi connectivity index (χ3v) is 9.29. The van der Waals surface area contributed by atoms with Crippen molar-refractivity contribution >= 4 is 24.0 Å². The van der Waals surface area contributed by atoms with E-state index in [1.54, 1.807) is 0 Å². The van der Waals surface area contributed by atoms with Gasteiger partial charge in [-0.2, -0.15) is 0 Å². The molecule has 0 spiro atoms. The van der Waals surface area contributed by atoms with E-state index in [0.717, 1.165) is 0 Å². The Labute approximate surface area is 103 Å². The van der Waals surface area contributed by atoms with Gasteiger partial charge < -0.3 is 9.47 Å². The molecule has 2 rings (SSSR count). The number of hydrogen-bond acceptors (Lipinski definition) is 3. The van der Waals surface area contributed by atoms with Crippen molar-refractivity contribution in [2.24, 2.45) is 0 Å². The second-order valence-corrected chi connectivity index (χ2v) is 9.55. The predicted octanol–water partition coefficient (Wildman–Crippen LogP) is 3.26. The monoisotopic (exact) mass is 257 g/mol. The van der Waals surface area contributed by atoms with Crippen LogP contribution in [0, 0.1) is 0 Å². The molecule has 0 saturated carbocycles. The van der Waals surface area contributed by atoms with Crippen LogP contribution in [0.4, 0.5) is 0 Å². The fraction of sp³-hybridized carbons (Fsp3) is 0.500. The molecule has 2 atom stereocenters. The average Bonchev–Trinajstić information content (AvgIpc) is 2.27. The first-order chi connectivity index (χ1) is 7.55. The summed E-state index contributed by atoms with van der Waals surface area (Å²) < 4.78 is 11.6. The van der Waals surface area contributed by atoms with Gasteiger partial charge in [-0.15, -0.1) is 0 Å². The second-order valence-electron chi connectivity index (χ2n) is 4.11. The van der Waals surface area contributed by atoms with Crippen LogP contribution < -0.4 is 5.30 Å². The van der Waals surface area contributed by atoms with Gasteiger partial charge in [0.25, 0.3) is 0 Å². The first-order valence-corrected chi connectivity index (χ1v) is 8.61. The lowest BCUT2D eigenvalue weighted by Crippen LogP contribution is -2.38. The first-order valence-electron chi connectivity index (χ1n) is 5.53. The topological polar surface area (TPSA) is 18.5 Å². The SMILES string of the molecule is CC1OC(C)[P+](S)(c2ccccc2)C(C)O1. The summed E-state index contributed by atoms with van der Waals surface area (Å²) in [5, 5.41) is 1.25. The number of hydrogen-bond donors (Lipinski definition) is 1. The fourth-order valence-corrected chi connectivity index (χ4v) is 5.68. The Morgan fingerprint density at radius 2 is 1.50 bits per heavy atom. The summed E-state index contributed by atoms with van der Waals surface area (Å²) in [5.74, 6) is 0.272. The van der Waals surface area contributed by atoms with E-state index in [1.165, 1.54) is 5.30 Å². The van der Waals surface area contributed by atoms with Crippen LogP contribution >= 0.6 is 18.7 Å². The maximum Gasteiger partial charge on any atom is 0.184 e. The Kier molecular flexibility index (Phi) is 3.60. The van der Waals surface area contributed by atoms with Crippen LogP contribution in [0.2, 0.25) is 0 Å². The molecular weight excluding hydrogens is 239 g/mol. The maximum absolute atomic E-state index is 5.78. The van der Waals surface area contributed by atoms with Gasteiger partial charge in [0.1, 0.15) is 5.30 Å². The molecular formula is C12H18O2PS+. The molecule has 0 N–H and O–H groups in total. The van der Waals surface area contributed by atoms with Gasteiger partial charge in [-0.05, 0) is 32.9 Å². The van der Waals surface area contributed by atoms with Gasteiger partial charge in [0.15, 0.2) is 24.4 Å². The van der Waals surface area contributed by atoms with Crippen LogP contribution in [0.1, 0.15) is 20.8 Å². The van der Waals surface area contributed by atoms with E-state index in [-0.39, 0.29) is 18.0 Å². The molecule has 1 fully saturated rings. The van der Waals surface area contributed by atoms with Crippen molar-refractivity contribution in [1.29, 1.82) is 0 Å². The molecule has 0 amide bonds. The molecule has 4 heteroatoms. The third-order valence-electron chi connectivity index (χ3n) is 3.06. The van der Waals surface area contributed by atoms with Crippen LogP contribution in [-0.4, -0.2) is 18.0 Å². The van der Waals surface area contributed by atoms with Crippen LogP contribution in [0.25, 0.3) is 0 Å². The highest BCUT2D eigenvalue weighted by Crippen LogP contribution is 2.72. The van der Waals surface area contributed by atoms with Gasteiger partial charge in [-0.25, -0.2) is 0 Å². The van der Waals surface area contributed by atoms with Gasteiger partial charge in [0.2, 0.25) is 0 Å². The van der Waals surface area contributed by atoms with Crippen molar-refractivity contribution in [2.75, 3.05) is 0 Å². The molecule has 0 aliphatic carbocycles. The molecule has 1 saturated heterocycles. The van der Waals surface area contributed by atoms with Crippen LogP contribution in [0.5, 0.6) is 0 Å². The Morgan fingerprint density at radius 3 is 2.00 bits per heavy atom. The van der Waals surface area contributed by atoms with E-state index in [4.69, 9.17) is 21.7 Å². The van der Waals surface area contributed by atoms with Gasteiger partial charge in [-0.3, -0.25) is 0 Å². The summed E-state index contributed by atoms with van der Waals surface area (Å²) in [6.07, 6.45) is -0.131. The molecule has 0 bridgehead atoms. The van der Waals surface area contributed by atoms with Crippen molar-refractivity contribution in [3.8, 4) is 0 Å². The summed E-state index contributed by atoms with van der Waals surface area (Å²) in [5.41, 5.74) is 0. The van der Waals surface area contributed by atoms with Crippen molar-refractivity contribution in [2.45, 2.75) is 38.8 Å². The van der Waals surface area contributed by atoms with Crippen LogP contribution in [0.3, 0.4) is 0 Å². The van der Waals surface area contributed by atoms with E-state index < -0.39 is 6.46 Å². The Balaban J connectivity index is 2.36. The minimum Gasteiger partial charge on any atom is -0.314 e. The highest BCUT2D eigenvalue weighted by atomic mass is 32.7. The Hall–Kier alpha value is -0.0800. The standard InChI is InChI=1S/C12H18O2PS/c1-9-13-10(2)15(16,11(3)14-9)12-7-5-4-6-8-12/h4-11,16H,1-3H3/q+1. The second kappa shape index (κ2) is 4.66. The lowest BCUT2D eigenvalue weighted by molar-refractivity contribution is -0.160. The average molecular weight is 257 g/mol. The maximum atomic E-state index is 5.78. The summed E-state index contributed by atoms with van der Waals surface area (Å²) in [6, 6.07) is 10.4. The van der Waals surface area contributed by atoms with Crippen molar-refractivity contribution in [1.82, 2.24) is 0 Å². The first kappa shape index (κ1) is 12.4. The Morgan fingerprint density at radius 1 is 1.00 bits per heavy atom. The van der Waals surface area contributed by atoms with Gasteiger partial charge >= 0.3 is 0 Å². The molecule has 0 aromatic heterocycles. The molecule has 1 heterocycles. The van der Waals surface area contributed by atoms with Gasteiger partial charge in [0.05, 0.1) is 0 Å². The summed E-state index contributed by atoms with van der Waals surface area (Å²) >= 11 is 4.93. The number of rotatable bonds is 1. The van der Waals surface area contributed by atoms with Crippen LogP contribution in [0.15, 0.2) is 30.3 Å². The molecule has 1 aromatic rings. The lowest BCUT2D eigenvalue weighted by atomic mass is 10.4. The molecule has 16 heavy (non-hydrogen) atoms. The zero-order valence-electron chi connectivity index (χ0n) is 9.83. The van der Waals surface area contributed by atoms with Crippen LogP contribution in [-0.2, 0) is 9.47 Å². The molecule has 2 nitrogen and oxygen atoms in total. The number of ether oxygens (including phenoxy) is 2. The number of thiol groups is 1. The largest absolute Gasteiger partial charge is 0.314 e. The zero-order chi connectivity index (χ0) is 11.8. The predicted molar refractivity (Wildman–Crippen MR) is 72.5 cm³/mol. The quantitative estimate of drug-likeness (QED) is 0.615. The van der Waals surface area contributed by atoms with Crippen molar-refractivity contribution in [3.05, 3.63) is 30.3 Å².